The molecule has 15 heavy (non-hydrogen) atoms. The van der Waals surface area contributed by atoms with Gasteiger partial charge in [-0.05, 0) is 25.7 Å². The second kappa shape index (κ2) is 4.06. The zero-order chi connectivity index (χ0) is 9.54. The summed E-state index contributed by atoms with van der Waals surface area (Å²) in [6.45, 7) is 0.580. The molecule has 4 heteroatoms. The number of hydrogen-bond donors (Lipinski definition) is 1. The van der Waals surface area contributed by atoms with Crippen LogP contribution >= 0.6 is 12.4 Å². The lowest BCUT2D eigenvalue weighted by atomic mass is 10.1. The molecule has 2 fully saturated rings. The SMILES string of the molecule is Cl.NCc1cnc(C2CC2)nc1C1CC1. The van der Waals surface area contributed by atoms with Gasteiger partial charge in [0.1, 0.15) is 5.82 Å². The molecule has 2 aliphatic rings. The van der Waals surface area contributed by atoms with Gasteiger partial charge in [-0.2, -0.15) is 0 Å². The van der Waals surface area contributed by atoms with E-state index >= 15 is 0 Å². The van der Waals surface area contributed by atoms with Gasteiger partial charge in [0.2, 0.25) is 0 Å². The van der Waals surface area contributed by atoms with Crippen molar-refractivity contribution in [3.05, 3.63) is 23.3 Å². The first-order chi connectivity index (χ1) is 6.88. The van der Waals surface area contributed by atoms with E-state index in [1.807, 2.05) is 6.20 Å². The van der Waals surface area contributed by atoms with Crippen LogP contribution in [-0.4, -0.2) is 9.97 Å². The average Bonchev–Trinajstić information content (AvgIpc) is 3.05. The minimum Gasteiger partial charge on any atom is -0.326 e. The Kier molecular flexibility index (Phi) is 2.94. The standard InChI is InChI=1S/C11H15N3.ClH/c12-5-9-6-13-11(8-3-4-8)14-10(9)7-1-2-7;/h6-8H,1-5,12H2;1H. The van der Waals surface area contributed by atoms with Crippen molar-refractivity contribution in [2.45, 2.75) is 44.1 Å². The largest absolute Gasteiger partial charge is 0.326 e. The minimum atomic E-state index is 0. The maximum atomic E-state index is 5.68. The molecule has 0 aromatic carbocycles. The highest BCUT2D eigenvalue weighted by molar-refractivity contribution is 5.85. The maximum absolute atomic E-state index is 5.68. The first kappa shape index (κ1) is 10.8. The fraction of sp³-hybridized carbons (Fsp3) is 0.636. The fourth-order valence-corrected chi connectivity index (χ4v) is 1.84. The van der Waals surface area contributed by atoms with Crippen LogP contribution in [-0.2, 0) is 6.54 Å². The molecule has 1 heterocycles. The van der Waals surface area contributed by atoms with E-state index in [2.05, 4.69) is 9.97 Å². The van der Waals surface area contributed by atoms with Gasteiger partial charge in [0.25, 0.3) is 0 Å². The van der Waals surface area contributed by atoms with Crippen molar-refractivity contribution in [3.8, 4) is 0 Å². The molecule has 0 unspecified atom stereocenters. The lowest BCUT2D eigenvalue weighted by Gasteiger charge is -2.06. The van der Waals surface area contributed by atoms with Gasteiger partial charge in [-0.15, -0.1) is 12.4 Å². The lowest BCUT2D eigenvalue weighted by Crippen LogP contribution is -2.06. The van der Waals surface area contributed by atoms with Crippen molar-refractivity contribution in [2.24, 2.45) is 5.73 Å². The Morgan fingerprint density at radius 3 is 2.40 bits per heavy atom. The minimum absolute atomic E-state index is 0. The van der Waals surface area contributed by atoms with E-state index in [1.165, 1.54) is 31.4 Å². The molecule has 0 radical (unpaired) electrons. The van der Waals surface area contributed by atoms with Crippen LogP contribution in [0.15, 0.2) is 6.20 Å². The molecule has 0 aliphatic heterocycles. The van der Waals surface area contributed by atoms with Crippen molar-refractivity contribution < 1.29 is 0 Å². The summed E-state index contributed by atoms with van der Waals surface area (Å²) in [4.78, 5) is 9.07. The van der Waals surface area contributed by atoms with E-state index in [-0.39, 0.29) is 12.4 Å². The van der Waals surface area contributed by atoms with Crippen molar-refractivity contribution in [2.75, 3.05) is 0 Å². The summed E-state index contributed by atoms with van der Waals surface area (Å²) >= 11 is 0. The summed E-state index contributed by atoms with van der Waals surface area (Å²) in [5.74, 6) is 2.40. The van der Waals surface area contributed by atoms with Crippen molar-refractivity contribution >= 4 is 12.4 Å². The third-order valence-corrected chi connectivity index (χ3v) is 3.04. The van der Waals surface area contributed by atoms with Crippen LogP contribution in [0.25, 0.3) is 0 Å². The van der Waals surface area contributed by atoms with Crippen LogP contribution in [0.3, 0.4) is 0 Å². The van der Waals surface area contributed by atoms with Gasteiger partial charge in [0.05, 0.1) is 5.69 Å². The van der Waals surface area contributed by atoms with Crippen LogP contribution in [0.2, 0.25) is 0 Å². The molecule has 0 amide bonds. The summed E-state index contributed by atoms with van der Waals surface area (Å²) in [5, 5.41) is 0. The Hall–Kier alpha value is -0.670. The first-order valence-corrected chi connectivity index (χ1v) is 5.44. The molecule has 0 saturated heterocycles. The Morgan fingerprint density at radius 1 is 1.20 bits per heavy atom. The summed E-state index contributed by atoms with van der Waals surface area (Å²) in [7, 11) is 0. The third kappa shape index (κ3) is 2.13. The van der Waals surface area contributed by atoms with E-state index in [9.17, 15) is 0 Å². The molecule has 2 aliphatic carbocycles. The molecule has 1 aromatic heterocycles. The van der Waals surface area contributed by atoms with Crippen LogP contribution in [0.4, 0.5) is 0 Å². The van der Waals surface area contributed by atoms with Crippen molar-refractivity contribution in [1.29, 1.82) is 0 Å². The highest BCUT2D eigenvalue weighted by Gasteiger charge is 2.31. The molecule has 1 aromatic rings. The molecule has 0 bridgehead atoms. The quantitative estimate of drug-likeness (QED) is 0.857. The summed E-state index contributed by atoms with van der Waals surface area (Å²) in [5.41, 5.74) is 8.07. The molecule has 0 atom stereocenters. The second-order valence-electron chi connectivity index (χ2n) is 4.39. The van der Waals surface area contributed by atoms with E-state index in [0.717, 1.165) is 11.4 Å². The molecule has 3 rings (SSSR count). The average molecular weight is 226 g/mol. The third-order valence-electron chi connectivity index (χ3n) is 3.04. The molecule has 2 N–H and O–H groups in total. The van der Waals surface area contributed by atoms with Gasteiger partial charge in [0.15, 0.2) is 0 Å². The number of hydrogen-bond acceptors (Lipinski definition) is 3. The summed E-state index contributed by atoms with van der Waals surface area (Å²) < 4.78 is 0. The van der Waals surface area contributed by atoms with Gasteiger partial charge in [-0.1, -0.05) is 0 Å². The molecular weight excluding hydrogens is 210 g/mol. The van der Waals surface area contributed by atoms with E-state index in [1.54, 1.807) is 0 Å². The lowest BCUT2D eigenvalue weighted by molar-refractivity contribution is 0.835. The van der Waals surface area contributed by atoms with Gasteiger partial charge >= 0.3 is 0 Å². The molecule has 2 saturated carbocycles. The van der Waals surface area contributed by atoms with Crippen molar-refractivity contribution in [1.82, 2.24) is 9.97 Å². The Labute approximate surface area is 95.9 Å². The summed E-state index contributed by atoms with van der Waals surface area (Å²) in [6, 6.07) is 0. The van der Waals surface area contributed by atoms with E-state index in [4.69, 9.17) is 5.73 Å². The second-order valence-corrected chi connectivity index (χ2v) is 4.39. The Balaban J connectivity index is 0.000000853. The predicted molar refractivity (Wildman–Crippen MR) is 61.1 cm³/mol. The fourth-order valence-electron chi connectivity index (χ4n) is 1.84. The molecule has 0 spiro atoms. The van der Waals surface area contributed by atoms with Crippen LogP contribution < -0.4 is 5.73 Å². The van der Waals surface area contributed by atoms with Crippen LogP contribution in [0.5, 0.6) is 0 Å². The van der Waals surface area contributed by atoms with E-state index < -0.39 is 0 Å². The Morgan fingerprint density at radius 2 is 1.87 bits per heavy atom. The zero-order valence-corrected chi connectivity index (χ0v) is 9.46. The van der Waals surface area contributed by atoms with Crippen molar-refractivity contribution in [3.63, 3.8) is 0 Å². The number of halogens is 1. The summed E-state index contributed by atoms with van der Waals surface area (Å²) in [6.07, 6.45) is 7.05. The molecule has 3 nitrogen and oxygen atoms in total. The van der Waals surface area contributed by atoms with Gasteiger partial charge in [-0.3, -0.25) is 0 Å². The number of aromatic nitrogens is 2. The zero-order valence-electron chi connectivity index (χ0n) is 8.65. The number of nitrogens with two attached hydrogens (primary N) is 1. The predicted octanol–water partition coefficient (Wildman–Crippen LogP) is 2.11. The smallest absolute Gasteiger partial charge is 0.131 e. The monoisotopic (exact) mass is 225 g/mol. The maximum Gasteiger partial charge on any atom is 0.131 e. The van der Waals surface area contributed by atoms with E-state index in [0.29, 0.717) is 18.4 Å². The van der Waals surface area contributed by atoms with Gasteiger partial charge < -0.3 is 5.73 Å². The first-order valence-electron chi connectivity index (χ1n) is 5.44. The topological polar surface area (TPSA) is 51.8 Å². The highest BCUT2D eigenvalue weighted by atomic mass is 35.5. The molecule has 82 valence electrons. The van der Waals surface area contributed by atoms with Gasteiger partial charge in [-0.25, -0.2) is 9.97 Å². The highest BCUT2D eigenvalue weighted by Crippen LogP contribution is 2.43. The van der Waals surface area contributed by atoms with Gasteiger partial charge in [0, 0.05) is 30.1 Å². The normalized spacial score (nSPS) is 19.8. The Bertz CT molecular complexity index is 359. The number of rotatable bonds is 3. The number of nitrogens with zero attached hydrogens (tertiary/aromatic N) is 2. The van der Waals surface area contributed by atoms with Crippen LogP contribution in [0, 0.1) is 0 Å². The van der Waals surface area contributed by atoms with Crippen LogP contribution in [0.1, 0.15) is 54.6 Å². The molecular formula is C11H16ClN3.